The monoisotopic (exact) mass is 545 g/mol. The number of hydrogen-bond donors (Lipinski definition) is 1. The normalized spacial score (nSPS) is 12.3. The highest BCUT2D eigenvalue weighted by Crippen LogP contribution is 2.36. The van der Waals surface area contributed by atoms with Gasteiger partial charge in [0, 0.05) is 81.8 Å². The lowest BCUT2D eigenvalue weighted by Gasteiger charge is -2.17. The van der Waals surface area contributed by atoms with Crippen molar-refractivity contribution >= 4 is 11.8 Å². The van der Waals surface area contributed by atoms with Crippen molar-refractivity contribution in [1.29, 1.82) is 0 Å². The summed E-state index contributed by atoms with van der Waals surface area (Å²) in [6.07, 6.45) is 16.9. The van der Waals surface area contributed by atoms with E-state index in [-0.39, 0.29) is 0 Å². The van der Waals surface area contributed by atoms with E-state index in [2.05, 4.69) is 54.3 Å². The van der Waals surface area contributed by atoms with E-state index in [1.54, 1.807) is 6.20 Å². The third-order valence-electron chi connectivity index (χ3n) is 7.55. The van der Waals surface area contributed by atoms with Gasteiger partial charge in [0.1, 0.15) is 0 Å². The minimum atomic E-state index is 0.536. The van der Waals surface area contributed by atoms with Crippen LogP contribution in [0, 0.1) is 0 Å². The van der Waals surface area contributed by atoms with Gasteiger partial charge >= 0.3 is 0 Å². The minimum Gasteiger partial charge on any atom is -0.337 e. The summed E-state index contributed by atoms with van der Waals surface area (Å²) in [6.45, 7) is 1.72. The number of rotatable bonds is 9. The molecule has 0 atom stereocenters. The number of anilines is 2. The molecule has 206 valence electrons. The smallest absolute Gasteiger partial charge is 0.228 e. The van der Waals surface area contributed by atoms with Gasteiger partial charge < -0.3 is 9.88 Å². The van der Waals surface area contributed by atoms with E-state index in [1.165, 1.54) is 5.56 Å². The van der Waals surface area contributed by atoms with Crippen LogP contribution in [0.15, 0.2) is 73.8 Å². The first-order valence-corrected chi connectivity index (χ1v) is 13.8. The lowest BCUT2D eigenvalue weighted by atomic mass is 9.91. The third kappa shape index (κ3) is 5.13. The molecule has 0 bridgehead atoms. The van der Waals surface area contributed by atoms with Crippen LogP contribution in [-0.4, -0.2) is 48.9 Å². The van der Waals surface area contributed by atoms with Crippen molar-refractivity contribution in [3.8, 4) is 22.4 Å². The van der Waals surface area contributed by atoms with E-state index < -0.39 is 0 Å². The van der Waals surface area contributed by atoms with Crippen LogP contribution in [0.5, 0.6) is 0 Å². The van der Waals surface area contributed by atoms with Gasteiger partial charge in [-0.15, -0.1) is 0 Å². The summed E-state index contributed by atoms with van der Waals surface area (Å²) in [5.41, 5.74) is 8.94. The Kier molecular flexibility index (Phi) is 6.38. The summed E-state index contributed by atoms with van der Waals surface area (Å²) in [4.78, 5) is 13.7. The highest BCUT2D eigenvalue weighted by atomic mass is 15.3. The number of nitrogens with zero attached hydrogens (tertiary/aromatic N) is 10. The van der Waals surface area contributed by atoms with Gasteiger partial charge in [-0.2, -0.15) is 15.3 Å². The molecule has 7 rings (SSSR count). The molecular weight excluding hydrogens is 514 g/mol. The van der Waals surface area contributed by atoms with Gasteiger partial charge in [0.15, 0.2) is 5.82 Å². The van der Waals surface area contributed by atoms with Gasteiger partial charge in [-0.3, -0.25) is 14.0 Å². The lowest BCUT2D eigenvalue weighted by molar-refractivity contribution is 0.527. The van der Waals surface area contributed by atoms with Crippen LogP contribution in [0.3, 0.4) is 0 Å². The Hall–Kier alpha value is -5.06. The maximum absolute atomic E-state index is 4.99. The van der Waals surface area contributed by atoms with E-state index in [0.29, 0.717) is 5.95 Å². The van der Waals surface area contributed by atoms with Crippen molar-refractivity contribution in [1.82, 2.24) is 48.9 Å². The number of aromatic nitrogens is 10. The first kappa shape index (κ1) is 24.9. The molecule has 0 aliphatic heterocycles. The van der Waals surface area contributed by atoms with Crippen molar-refractivity contribution in [2.75, 3.05) is 5.32 Å². The highest BCUT2D eigenvalue weighted by Gasteiger charge is 2.26. The molecule has 11 heteroatoms. The second kappa shape index (κ2) is 10.5. The number of nitrogens with one attached hydrogen (secondary N) is 1. The minimum absolute atomic E-state index is 0.536. The molecule has 0 amide bonds. The molecular formula is C30H31N11. The van der Waals surface area contributed by atoms with Crippen LogP contribution in [0.4, 0.5) is 11.8 Å². The van der Waals surface area contributed by atoms with Crippen LogP contribution in [-0.2, 0) is 46.4 Å². The van der Waals surface area contributed by atoms with E-state index in [4.69, 9.17) is 10.1 Å². The molecule has 1 aliphatic rings. The van der Waals surface area contributed by atoms with Crippen LogP contribution in [0.1, 0.15) is 28.9 Å². The molecule has 1 aromatic carbocycles. The number of hydrogen-bond acceptors (Lipinski definition) is 7. The Morgan fingerprint density at radius 2 is 1.93 bits per heavy atom. The molecule has 6 aromatic rings. The molecule has 0 fully saturated rings. The Bertz CT molecular complexity index is 1810. The fourth-order valence-electron chi connectivity index (χ4n) is 5.52. The van der Waals surface area contributed by atoms with Gasteiger partial charge in [0.2, 0.25) is 5.95 Å². The van der Waals surface area contributed by atoms with Crippen molar-refractivity contribution in [2.24, 2.45) is 14.1 Å². The van der Waals surface area contributed by atoms with Crippen LogP contribution >= 0.6 is 0 Å². The zero-order chi connectivity index (χ0) is 27.8. The average Bonchev–Trinajstić information content (AvgIpc) is 3.79. The summed E-state index contributed by atoms with van der Waals surface area (Å²) < 4.78 is 7.85. The molecule has 0 radical (unpaired) electrons. The molecule has 1 aliphatic carbocycles. The van der Waals surface area contributed by atoms with Crippen LogP contribution in [0.25, 0.3) is 22.4 Å². The number of benzene rings is 1. The van der Waals surface area contributed by atoms with E-state index in [9.17, 15) is 0 Å². The van der Waals surface area contributed by atoms with Crippen molar-refractivity contribution < 1.29 is 0 Å². The first-order valence-electron chi connectivity index (χ1n) is 13.8. The lowest BCUT2D eigenvalue weighted by Crippen LogP contribution is -2.09. The summed E-state index contributed by atoms with van der Waals surface area (Å²) >= 11 is 0. The fourth-order valence-corrected chi connectivity index (χ4v) is 5.52. The van der Waals surface area contributed by atoms with Crippen molar-refractivity contribution in [2.45, 2.75) is 38.8 Å². The second-order valence-corrected chi connectivity index (χ2v) is 10.5. The Morgan fingerprint density at radius 3 is 2.78 bits per heavy atom. The van der Waals surface area contributed by atoms with Gasteiger partial charge in [-0.25, -0.2) is 15.0 Å². The van der Waals surface area contributed by atoms with Gasteiger partial charge in [-0.1, -0.05) is 24.3 Å². The molecule has 1 N–H and O–H groups in total. The summed E-state index contributed by atoms with van der Waals surface area (Å²) in [5, 5.41) is 17.2. The maximum atomic E-state index is 4.99. The molecule has 0 saturated carbocycles. The van der Waals surface area contributed by atoms with Crippen molar-refractivity contribution in [3.05, 3.63) is 96.4 Å². The highest BCUT2D eigenvalue weighted by molar-refractivity contribution is 5.72. The fraction of sp³-hybridized carbons (Fsp3) is 0.267. The quantitative estimate of drug-likeness (QED) is 0.290. The zero-order valence-electron chi connectivity index (χ0n) is 23.1. The standard InChI is InChI=1S/C30H31N11/c1-38-19-24(18-33-38)22-6-3-5-21(15-22)16-26-28-25(36-39(26)2)8-7-23-17-32-30(35-29(23)28)34-27-9-13-41(37-27)12-4-11-40-14-10-31-20-40/h3,5-6,9-10,13-15,17-20H,4,7-8,11-12,16H2,1-2H3,(H,32,34,35,37). The van der Waals surface area contributed by atoms with Gasteiger partial charge in [0.05, 0.1) is 29.6 Å². The Labute approximate surface area is 237 Å². The van der Waals surface area contributed by atoms with Crippen LogP contribution < -0.4 is 5.32 Å². The largest absolute Gasteiger partial charge is 0.337 e. The average molecular weight is 546 g/mol. The summed E-state index contributed by atoms with van der Waals surface area (Å²) in [6, 6.07) is 10.6. The summed E-state index contributed by atoms with van der Waals surface area (Å²) in [5.74, 6) is 1.26. The number of aryl methyl sites for hydroxylation is 6. The number of imidazole rings is 1. The molecule has 0 saturated heterocycles. The Morgan fingerprint density at radius 1 is 0.976 bits per heavy atom. The van der Waals surface area contributed by atoms with E-state index in [1.807, 2.05) is 71.5 Å². The molecule has 0 spiro atoms. The molecule has 5 heterocycles. The van der Waals surface area contributed by atoms with E-state index >= 15 is 0 Å². The topological polar surface area (TPSA) is 109 Å². The molecule has 11 nitrogen and oxygen atoms in total. The van der Waals surface area contributed by atoms with Crippen molar-refractivity contribution in [3.63, 3.8) is 0 Å². The summed E-state index contributed by atoms with van der Waals surface area (Å²) in [7, 11) is 3.96. The molecule has 5 aromatic heterocycles. The maximum Gasteiger partial charge on any atom is 0.228 e. The zero-order valence-corrected chi connectivity index (χ0v) is 23.1. The van der Waals surface area contributed by atoms with E-state index in [0.717, 1.165) is 83.9 Å². The van der Waals surface area contributed by atoms with Gasteiger partial charge in [0.25, 0.3) is 0 Å². The van der Waals surface area contributed by atoms with Gasteiger partial charge in [-0.05, 0) is 36.0 Å². The SMILES string of the molecule is Cn1cc(-c2cccc(Cc3c4c(nn3C)CCc3cnc(Nc5ccn(CCCn6ccnc6)n5)nc3-4)c2)cn1. The van der Waals surface area contributed by atoms with Crippen LogP contribution in [0.2, 0.25) is 0 Å². The molecule has 41 heavy (non-hydrogen) atoms. The second-order valence-electron chi connectivity index (χ2n) is 10.5. The Balaban J connectivity index is 1.12. The number of fused-ring (bicyclic) bond motifs is 3. The third-order valence-corrected chi connectivity index (χ3v) is 7.55. The predicted molar refractivity (Wildman–Crippen MR) is 155 cm³/mol. The molecule has 0 unspecified atom stereocenters. The first-order chi connectivity index (χ1) is 20.1. The predicted octanol–water partition coefficient (Wildman–Crippen LogP) is 4.19.